The molecule has 1 heterocycles. The number of anilines is 4. The Labute approximate surface area is 118 Å². The number of hydrogen-bond donors (Lipinski definition) is 3. The zero-order valence-electron chi connectivity index (χ0n) is 10.2. The van der Waals surface area contributed by atoms with E-state index in [1.165, 1.54) is 6.07 Å². The lowest BCUT2D eigenvalue weighted by molar-refractivity contribution is 0.621. The highest BCUT2D eigenvalue weighted by Gasteiger charge is 2.04. The third-order valence-corrected chi connectivity index (χ3v) is 2.90. The minimum absolute atomic E-state index is 0.169. The summed E-state index contributed by atoms with van der Waals surface area (Å²) in [6, 6.07) is 6.34. The van der Waals surface area contributed by atoms with E-state index < -0.39 is 0 Å². The number of rotatable bonds is 4. The van der Waals surface area contributed by atoms with Gasteiger partial charge in [-0.05, 0) is 41.1 Å². The summed E-state index contributed by atoms with van der Waals surface area (Å²) in [4.78, 5) is 8.11. The van der Waals surface area contributed by atoms with Crippen molar-refractivity contribution in [2.75, 3.05) is 22.9 Å². The number of nitrogens with zero attached hydrogens (tertiary/aromatic N) is 2. The van der Waals surface area contributed by atoms with Crippen molar-refractivity contribution in [1.82, 2.24) is 9.97 Å². The molecule has 0 aliphatic rings. The Hall–Kier alpha value is -1.89. The van der Waals surface area contributed by atoms with Gasteiger partial charge in [0.05, 0.1) is 4.47 Å². The first-order valence-corrected chi connectivity index (χ1v) is 6.48. The normalized spacial score (nSPS) is 10.3. The largest absolute Gasteiger partial charge is 0.370 e. The van der Waals surface area contributed by atoms with Crippen molar-refractivity contribution in [1.29, 1.82) is 0 Å². The van der Waals surface area contributed by atoms with Crippen molar-refractivity contribution >= 4 is 39.2 Å². The predicted octanol–water partition coefficient (Wildman–Crippen LogP) is 3.14. The second kappa shape index (κ2) is 5.83. The molecule has 2 rings (SSSR count). The van der Waals surface area contributed by atoms with Crippen LogP contribution in [0.25, 0.3) is 0 Å². The number of nitrogen functional groups attached to an aromatic ring is 1. The molecule has 0 saturated heterocycles. The van der Waals surface area contributed by atoms with Crippen LogP contribution in [0.5, 0.6) is 0 Å². The fourth-order valence-corrected chi connectivity index (χ4v) is 1.90. The van der Waals surface area contributed by atoms with E-state index in [0.29, 0.717) is 21.8 Å². The van der Waals surface area contributed by atoms with Crippen molar-refractivity contribution in [2.45, 2.75) is 6.92 Å². The second-order valence-electron chi connectivity index (χ2n) is 3.78. The van der Waals surface area contributed by atoms with Gasteiger partial charge in [-0.15, -0.1) is 0 Å². The van der Waals surface area contributed by atoms with Crippen LogP contribution < -0.4 is 16.4 Å². The Bertz CT molecular complexity index is 590. The zero-order valence-corrected chi connectivity index (χ0v) is 11.8. The lowest BCUT2D eigenvalue weighted by Crippen LogP contribution is -2.05. The highest BCUT2D eigenvalue weighted by Crippen LogP contribution is 2.23. The van der Waals surface area contributed by atoms with Gasteiger partial charge >= 0.3 is 0 Å². The molecule has 0 atom stereocenters. The van der Waals surface area contributed by atoms with Crippen LogP contribution in [-0.2, 0) is 0 Å². The van der Waals surface area contributed by atoms with Gasteiger partial charge in [-0.1, -0.05) is 0 Å². The summed E-state index contributed by atoms with van der Waals surface area (Å²) in [5.41, 5.74) is 6.33. The van der Waals surface area contributed by atoms with Gasteiger partial charge in [0.25, 0.3) is 0 Å². The Kier molecular flexibility index (Phi) is 4.16. The molecule has 0 spiro atoms. The van der Waals surface area contributed by atoms with Gasteiger partial charge in [0.15, 0.2) is 0 Å². The quantitative estimate of drug-likeness (QED) is 0.805. The minimum Gasteiger partial charge on any atom is -0.370 e. The van der Waals surface area contributed by atoms with Crippen LogP contribution in [0.15, 0.2) is 28.7 Å². The van der Waals surface area contributed by atoms with E-state index in [1.54, 1.807) is 18.2 Å². The summed E-state index contributed by atoms with van der Waals surface area (Å²) < 4.78 is 13.5. The minimum atomic E-state index is -0.318. The molecule has 0 bridgehead atoms. The maximum atomic E-state index is 13.1. The molecule has 5 nitrogen and oxygen atoms in total. The number of benzene rings is 1. The molecular formula is C12H13BrFN5. The second-order valence-corrected chi connectivity index (χ2v) is 4.64. The van der Waals surface area contributed by atoms with Crippen LogP contribution in [0.3, 0.4) is 0 Å². The molecule has 0 aliphatic heterocycles. The first-order valence-electron chi connectivity index (χ1n) is 5.69. The molecular weight excluding hydrogens is 313 g/mol. The van der Waals surface area contributed by atoms with E-state index in [2.05, 4.69) is 36.5 Å². The van der Waals surface area contributed by atoms with E-state index in [1.807, 2.05) is 6.92 Å². The summed E-state index contributed by atoms with van der Waals surface area (Å²) >= 11 is 3.13. The molecule has 0 radical (unpaired) electrons. The van der Waals surface area contributed by atoms with E-state index in [9.17, 15) is 4.39 Å². The molecule has 1 aromatic heterocycles. The number of aromatic nitrogens is 2. The fraction of sp³-hybridized carbons (Fsp3) is 0.167. The molecule has 7 heteroatoms. The Balaban J connectivity index is 2.24. The summed E-state index contributed by atoms with van der Waals surface area (Å²) in [5.74, 6) is 1.03. The van der Waals surface area contributed by atoms with Crippen molar-refractivity contribution in [3.63, 3.8) is 0 Å². The molecule has 19 heavy (non-hydrogen) atoms. The molecule has 4 N–H and O–H groups in total. The number of nitrogens with two attached hydrogens (primary N) is 1. The molecule has 0 unspecified atom stereocenters. The molecule has 100 valence electrons. The van der Waals surface area contributed by atoms with Crippen LogP contribution in [0.1, 0.15) is 6.92 Å². The highest BCUT2D eigenvalue weighted by atomic mass is 79.9. The molecule has 1 aromatic carbocycles. The zero-order chi connectivity index (χ0) is 13.8. The fourth-order valence-electron chi connectivity index (χ4n) is 1.52. The van der Waals surface area contributed by atoms with Crippen molar-refractivity contribution < 1.29 is 4.39 Å². The van der Waals surface area contributed by atoms with Gasteiger partial charge in [0.2, 0.25) is 5.95 Å². The Morgan fingerprint density at radius 3 is 2.68 bits per heavy atom. The smallest absolute Gasteiger partial charge is 0.223 e. The van der Waals surface area contributed by atoms with Gasteiger partial charge in [-0.2, -0.15) is 9.97 Å². The van der Waals surface area contributed by atoms with Gasteiger partial charge < -0.3 is 16.4 Å². The van der Waals surface area contributed by atoms with E-state index in [4.69, 9.17) is 5.73 Å². The molecule has 0 saturated carbocycles. The summed E-state index contributed by atoms with van der Waals surface area (Å²) in [7, 11) is 0. The van der Waals surface area contributed by atoms with E-state index in [0.717, 1.165) is 6.54 Å². The molecule has 0 fully saturated rings. The average Bonchev–Trinajstić information content (AvgIpc) is 2.33. The number of halogens is 2. The third-order valence-electron chi connectivity index (χ3n) is 2.29. The van der Waals surface area contributed by atoms with Gasteiger partial charge in [-0.3, -0.25) is 0 Å². The number of nitrogens with one attached hydrogen (secondary N) is 2. The standard InChI is InChI=1S/C12H13BrFN5/c1-2-16-10-6-11(19-12(15)18-10)17-7-3-4-9(14)8(13)5-7/h3-6H,2H2,1H3,(H4,15,16,17,18,19). The van der Waals surface area contributed by atoms with Crippen molar-refractivity contribution in [3.05, 3.63) is 34.6 Å². The Morgan fingerprint density at radius 1 is 1.26 bits per heavy atom. The van der Waals surface area contributed by atoms with Gasteiger partial charge in [-0.25, -0.2) is 4.39 Å². The SMILES string of the molecule is CCNc1cc(Nc2ccc(F)c(Br)c2)nc(N)n1. The van der Waals surface area contributed by atoms with Crippen LogP contribution in [0, 0.1) is 5.82 Å². The molecule has 0 aliphatic carbocycles. The van der Waals surface area contributed by atoms with E-state index >= 15 is 0 Å². The summed E-state index contributed by atoms with van der Waals surface area (Å²) in [6.07, 6.45) is 0. The third kappa shape index (κ3) is 3.54. The summed E-state index contributed by atoms with van der Waals surface area (Å²) in [5, 5.41) is 6.10. The van der Waals surface area contributed by atoms with Crippen molar-refractivity contribution in [3.8, 4) is 0 Å². The van der Waals surface area contributed by atoms with E-state index in [-0.39, 0.29) is 11.8 Å². The van der Waals surface area contributed by atoms with Crippen LogP contribution in [0.2, 0.25) is 0 Å². The maximum Gasteiger partial charge on any atom is 0.223 e. The maximum absolute atomic E-state index is 13.1. The first kappa shape index (κ1) is 13.5. The number of hydrogen-bond acceptors (Lipinski definition) is 5. The first-order chi connectivity index (χ1) is 9.08. The lowest BCUT2D eigenvalue weighted by Gasteiger charge is -2.09. The average molecular weight is 326 g/mol. The van der Waals surface area contributed by atoms with Gasteiger partial charge in [0.1, 0.15) is 17.5 Å². The van der Waals surface area contributed by atoms with Crippen molar-refractivity contribution in [2.24, 2.45) is 0 Å². The predicted molar refractivity (Wildman–Crippen MR) is 78.0 cm³/mol. The monoisotopic (exact) mass is 325 g/mol. The Morgan fingerprint density at radius 2 is 2.00 bits per heavy atom. The van der Waals surface area contributed by atoms with Crippen LogP contribution in [0.4, 0.5) is 27.7 Å². The summed E-state index contributed by atoms with van der Waals surface area (Å²) in [6.45, 7) is 2.69. The molecule has 2 aromatic rings. The van der Waals surface area contributed by atoms with Crippen LogP contribution in [-0.4, -0.2) is 16.5 Å². The molecule has 0 amide bonds. The van der Waals surface area contributed by atoms with Gasteiger partial charge in [0, 0.05) is 18.3 Å². The van der Waals surface area contributed by atoms with Crippen LogP contribution >= 0.6 is 15.9 Å². The lowest BCUT2D eigenvalue weighted by atomic mass is 10.3. The highest BCUT2D eigenvalue weighted by molar-refractivity contribution is 9.10. The topological polar surface area (TPSA) is 75.9 Å².